The van der Waals surface area contributed by atoms with Crippen molar-refractivity contribution in [3.63, 3.8) is 0 Å². The molecular formula is C20H25NO3S. The highest BCUT2D eigenvalue weighted by Gasteiger charge is 2.37. The monoisotopic (exact) mass is 359 g/mol. The van der Waals surface area contributed by atoms with Crippen molar-refractivity contribution in [1.82, 2.24) is 0 Å². The fourth-order valence-electron chi connectivity index (χ4n) is 3.59. The predicted molar refractivity (Wildman–Crippen MR) is 101 cm³/mol. The van der Waals surface area contributed by atoms with E-state index >= 15 is 0 Å². The molecule has 0 bridgehead atoms. The Kier molecular flexibility index (Phi) is 4.54. The van der Waals surface area contributed by atoms with Crippen molar-refractivity contribution in [2.45, 2.75) is 51.0 Å². The summed E-state index contributed by atoms with van der Waals surface area (Å²) >= 11 is 0. The third-order valence-electron chi connectivity index (χ3n) is 4.83. The van der Waals surface area contributed by atoms with Crippen molar-refractivity contribution in [3.8, 4) is 5.75 Å². The lowest BCUT2D eigenvalue weighted by atomic mass is 10.0. The molecule has 0 radical (unpaired) electrons. The molecule has 0 N–H and O–H groups in total. The Morgan fingerprint density at radius 3 is 2.52 bits per heavy atom. The summed E-state index contributed by atoms with van der Waals surface area (Å²) in [5.41, 5.74) is 3.48. The molecule has 5 heteroatoms. The molecule has 134 valence electrons. The van der Waals surface area contributed by atoms with Crippen LogP contribution in [0.4, 0.5) is 5.69 Å². The Hall–Kier alpha value is -2.01. The van der Waals surface area contributed by atoms with Gasteiger partial charge in [0.25, 0.3) is 10.0 Å². The van der Waals surface area contributed by atoms with Crippen LogP contribution in [0.3, 0.4) is 0 Å². The van der Waals surface area contributed by atoms with Crippen LogP contribution in [-0.2, 0) is 16.4 Å². The second kappa shape index (κ2) is 6.37. The molecule has 0 saturated heterocycles. The van der Waals surface area contributed by atoms with E-state index in [0.29, 0.717) is 10.5 Å². The molecule has 0 aliphatic carbocycles. The molecule has 25 heavy (non-hydrogen) atoms. The predicted octanol–water partition coefficient (Wildman–Crippen LogP) is 4.27. The van der Waals surface area contributed by atoms with Crippen LogP contribution in [-0.4, -0.2) is 21.6 Å². The molecule has 2 aromatic rings. The Bertz CT molecular complexity index is 903. The summed E-state index contributed by atoms with van der Waals surface area (Å²) in [5, 5.41) is 0. The smallest absolute Gasteiger partial charge is 0.264 e. The Balaban J connectivity index is 2.17. The van der Waals surface area contributed by atoms with Gasteiger partial charge < -0.3 is 4.74 Å². The lowest BCUT2D eigenvalue weighted by Gasteiger charge is -2.26. The van der Waals surface area contributed by atoms with E-state index in [1.807, 2.05) is 58.0 Å². The molecule has 0 aromatic heterocycles. The molecule has 2 aromatic carbocycles. The molecular weight excluding hydrogens is 334 g/mol. The summed E-state index contributed by atoms with van der Waals surface area (Å²) in [4.78, 5) is 0.362. The normalized spacial score (nSPS) is 17.0. The highest BCUT2D eigenvalue weighted by Crippen LogP contribution is 2.39. The van der Waals surface area contributed by atoms with E-state index in [1.54, 1.807) is 17.5 Å². The van der Waals surface area contributed by atoms with Crippen LogP contribution >= 0.6 is 0 Å². The number of hydrogen-bond donors (Lipinski definition) is 0. The van der Waals surface area contributed by atoms with Crippen molar-refractivity contribution in [1.29, 1.82) is 0 Å². The number of methoxy groups -OCH3 is 1. The van der Waals surface area contributed by atoms with Crippen LogP contribution in [0.15, 0.2) is 41.3 Å². The van der Waals surface area contributed by atoms with Crippen LogP contribution in [0.2, 0.25) is 0 Å². The third-order valence-corrected chi connectivity index (χ3v) is 6.90. The van der Waals surface area contributed by atoms with Gasteiger partial charge in [0.05, 0.1) is 17.7 Å². The number of anilines is 1. The van der Waals surface area contributed by atoms with Crippen LogP contribution in [0.5, 0.6) is 5.75 Å². The van der Waals surface area contributed by atoms with E-state index in [-0.39, 0.29) is 12.0 Å². The first-order valence-corrected chi connectivity index (χ1v) is 10.0. The summed E-state index contributed by atoms with van der Waals surface area (Å²) in [6.45, 7) is 7.86. The van der Waals surface area contributed by atoms with Gasteiger partial charge in [-0.2, -0.15) is 0 Å². The van der Waals surface area contributed by atoms with Gasteiger partial charge in [0, 0.05) is 6.04 Å². The maximum absolute atomic E-state index is 13.5. The molecule has 1 atom stereocenters. The van der Waals surface area contributed by atoms with E-state index in [1.165, 1.54) is 0 Å². The van der Waals surface area contributed by atoms with Crippen molar-refractivity contribution in [3.05, 3.63) is 53.1 Å². The Morgan fingerprint density at radius 2 is 1.88 bits per heavy atom. The van der Waals surface area contributed by atoms with Gasteiger partial charge in [0.15, 0.2) is 0 Å². The summed E-state index contributed by atoms with van der Waals surface area (Å²) in [6, 6.07) is 11.3. The van der Waals surface area contributed by atoms with Crippen molar-refractivity contribution < 1.29 is 13.2 Å². The zero-order valence-corrected chi connectivity index (χ0v) is 16.2. The molecule has 0 amide bonds. The topological polar surface area (TPSA) is 46.6 Å². The number of benzene rings is 2. The van der Waals surface area contributed by atoms with Gasteiger partial charge in [-0.15, -0.1) is 0 Å². The van der Waals surface area contributed by atoms with E-state index in [0.717, 1.165) is 29.0 Å². The molecule has 1 heterocycles. The summed E-state index contributed by atoms with van der Waals surface area (Å²) in [7, 11) is -2.02. The van der Waals surface area contributed by atoms with Crippen molar-refractivity contribution >= 4 is 15.7 Å². The zero-order valence-electron chi connectivity index (χ0n) is 15.4. The number of aryl methyl sites for hydroxylation is 1. The van der Waals surface area contributed by atoms with Gasteiger partial charge in [-0.25, -0.2) is 8.42 Å². The summed E-state index contributed by atoms with van der Waals surface area (Å²) < 4.78 is 34.0. The average Bonchev–Trinajstić information content (AvgIpc) is 2.90. The van der Waals surface area contributed by atoms with Gasteiger partial charge >= 0.3 is 0 Å². The lowest BCUT2D eigenvalue weighted by Crippen LogP contribution is -2.36. The summed E-state index contributed by atoms with van der Waals surface area (Å²) in [6.07, 6.45) is 0.738. The lowest BCUT2D eigenvalue weighted by molar-refractivity contribution is 0.406. The molecule has 0 spiro atoms. The summed E-state index contributed by atoms with van der Waals surface area (Å²) in [5.74, 6) is 0.911. The Morgan fingerprint density at radius 1 is 1.20 bits per heavy atom. The number of sulfonamides is 1. The second-order valence-electron chi connectivity index (χ2n) is 7.00. The highest BCUT2D eigenvalue weighted by atomic mass is 32.2. The van der Waals surface area contributed by atoms with E-state index < -0.39 is 10.0 Å². The van der Waals surface area contributed by atoms with Gasteiger partial charge in [-0.3, -0.25) is 4.31 Å². The van der Waals surface area contributed by atoms with Crippen LogP contribution in [0, 0.1) is 6.92 Å². The largest absolute Gasteiger partial charge is 0.496 e. The first kappa shape index (κ1) is 17.8. The fourth-order valence-corrected chi connectivity index (χ4v) is 5.53. The Labute approximate surface area is 150 Å². The van der Waals surface area contributed by atoms with Gasteiger partial charge in [-0.1, -0.05) is 32.0 Å². The van der Waals surface area contributed by atoms with Crippen LogP contribution < -0.4 is 9.04 Å². The number of fused-ring (bicyclic) bond motifs is 1. The maximum Gasteiger partial charge on any atom is 0.264 e. The minimum atomic E-state index is -3.64. The first-order valence-electron chi connectivity index (χ1n) is 8.58. The van der Waals surface area contributed by atoms with Gasteiger partial charge in [0.2, 0.25) is 0 Å². The fraction of sp³-hybridized carbons (Fsp3) is 0.400. The number of nitrogens with zero attached hydrogens (tertiary/aromatic N) is 1. The minimum Gasteiger partial charge on any atom is -0.496 e. The molecule has 1 unspecified atom stereocenters. The standard InChI is InChI=1S/C20H25NO3S/c1-13(2)17-12-20(14(3)10-19(17)24-5)25(22,23)21-15(4)11-16-8-6-7-9-18(16)21/h6-10,12-13,15H,11H2,1-5H3. The molecule has 1 aliphatic rings. The number of rotatable bonds is 4. The molecule has 1 aliphatic heterocycles. The molecule has 0 saturated carbocycles. The van der Waals surface area contributed by atoms with Crippen LogP contribution in [0.1, 0.15) is 43.4 Å². The van der Waals surface area contributed by atoms with Gasteiger partial charge in [0.1, 0.15) is 5.75 Å². The quantitative estimate of drug-likeness (QED) is 0.819. The molecule has 0 fully saturated rings. The maximum atomic E-state index is 13.5. The van der Waals surface area contributed by atoms with E-state index in [2.05, 4.69) is 0 Å². The number of para-hydroxylation sites is 1. The molecule has 3 rings (SSSR count). The molecule has 4 nitrogen and oxygen atoms in total. The second-order valence-corrected chi connectivity index (χ2v) is 8.78. The first-order chi connectivity index (χ1) is 11.8. The number of ether oxygens (including phenoxy) is 1. The van der Waals surface area contributed by atoms with E-state index in [4.69, 9.17) is 4.74 Å². The van der Waals surface area contributed by atoms with Gasteiger partial charge in [-0.05, 0) is 61.1 Å². The average molecular weight is 359 g/mol. The van der Waals surface area contributed by atoms with Crippen molar-refractivity contribution in [2.24, 2.45) is 0 Å². The van der Waals surface area contributed by atoms with Crippen LogP contribution in [0.25, 0.3) is 0 Å². The van der Waals surface area contributed by atoms with Crippen molar-refractivity contribution in [2.75, 3.05) is 11.4 Å². The SMILES string of the molecule is COc1cc(C)c(S(=O)(=O)N2c3ccccc3CC2C)cc1C(C)C. The highest BCUT2D eigenvalue weighted by molar-refractivity contribution is 7.93. The third kappa shape index (κ3) is 2.91. The number of hydrogen-bond acceptors (Lipinski definition) is 3. The minimum absolute atomic E-state index is 0.0913. The zero-order chi connectivity index (χ0) is 18.4. The van der Waals surface area contributed by atoms with E-state index in [9.17, 15) is 8.42 Å².